The molecular formula is C49H57ClN2O8S. The average Bonchev–Trinajstić information content (AvgIpc) is 3.35. The van der Waals surface area contributed by atoms with Crippen LogP contribution in [0.2, 0.25) is 5.02 Å². The molecule has 61 heavy (non-hydrogen) atoms. The van der Waals surface area contributed by atoms with Crippen molar-refractivity contribution in [3.8, 4) is 17.2 Å². The van der Waals surface area contributed by atoms with Crippen LogP contribution >= 0.6 is 11.6 Å². The van der Waals surface area contributed by atoms with E-state index in [1.54, 1.807) is 36.7 Å². The Kier molecular flexibility index (Phi) is 12.2. The largest absolute Gasteiger partial charge is 0.497 e. The highest BCUT2D eigenvalue weighted by atomic mass is 35.5. The van der Waals surface area contributed by atoms with E-state index >= 15 is 0 Å². The van der Waals surface area contributed by atoms with Crippen LogP contribution in [0.25, 0.3) is 0 Å². The third-order valence-corrected chi connectivity index (χ3v) is 16.2. The fourth-order valence-corrected chi connectivity index (χ4v) is 12.3. The molecule has 2 N–H and O–H groups in total. The highest BCUT2D eigenvalue weighted by Crippen LogP contribution is 2.50. The van der Waals surface area contributed by atoms with Gasteiger partial charge in [0.15, 0.2) is 0 Å². The number of rotatable bonds is 15. The Morgan fingerprint density at radius 3 is 2.21 bits per heavy atom. The lowest BCUT2D eigenvalue weighted by Crippen LogP contribution is -2.50. The van der Waals surface area contributed by atoms with Crippen molar-refractivity contribution in [3.05, 3.63) is 129 Å². The zero-order valence-corrected chi connectivity index (χ0v) is 37.1. The molecule has 324 valence electrons. The van der Waals surface area contributed by atoms with Crippen molar-refractivity contribution in [1.29, 1.82) is 0 Å². The number of aromatic carboxylic acids is 1. The van der Waals surface area contributed by atoms with Crippen LogP contribution < -0.4 is 19.1 Å². The Bertz CT molecular complexity index is 2330. The first kappa shape index (κ1) is 43.1. The number of aryl methyl sites for hydroxylation is 1. The molecule has 0 bridgehead atoms. The molecule has 0 aromatic heterocycles. The molecule has 1 aliphatic heterocycles. The Labute approximate surface area is 365 Å². The third-order valence-electron chi connectivity index (χ3n) is 13.9. The number of aliphatic hydroxyl groups is 1. The number of anilines is 1. The van der Waals surface area contributed by atoms with E-state index < -0.39 is 27.5 Å². The average molecular weight is 870 g/mol. The van der Waals surface area contributed by atoms with Crippen LogP contribution in [0.5, 0.6) is 17.2 Å². The van der Waals surface area contributed by atoms with Crippen LogP contribution in [0.15, 0.2) is 96.6 Å². The summed E-state index contributed by atoms with van der Waals surface area (Å²) in [6.07, 6.45) is 6.84. The van der Waals surface area contributed by atoms with Gasteiger partial charge in [0.05, 0.1) is 43.9 Å². The van der Waals surface area contributed by atoms with E-state index in [-0.39, 0.29) is 47.6 Å². The minimum atomic E-state index is -3.75. The minimum absolute atomic E-state index is 0.0157. The van der Waals surface area contributed by atoms with Crippen molar-refractivity contribution in [1.82, 2.24) is 4.31 Å². The van der Waals surface area contributed by atoms with Crippen molar-refractivity contribution in [2.45, 2.75) is 77.0 Å². The number of hydrogen-bond donors (Lipinski definition) is 2. The SMILES string of the molecule is COc1ccc(CN(Cc2ccc(OC)cc2)S(=O)(=O)CC(C)(C)[C@H]2C=C([C@H](O)[C@@H]3CC[C@H]3CN3C[C@@]4(CCCc5cc(Cl)ccc54)COc4ccc(C(=O)O)cc43)C2)cc1. The topological polar surface area (TPSA) is 126 Å². The van der Waals surface area contributed by atoms with Gasteiger partial charge in [0.2, 0.25) is 10.0 Å². The molecule has 1 saturated carbocycles. The van der Waals surface area contributed by atoms with Crippen molar-refractivity contribution < 1.29 is 37.6 Å². The summed E-state index contributed by atoms with van der Waals surface area (Å²) in [6.45, 7) is 6.26. The molecule has 1 heterocycles. The first-order valence-electron chi connectivity index (χ1n) is 21.3. The molecule has 1 spiro atoms. The van der Waals surface area contributed by atoms with E-state index in [1.165, 1.54) is 11.1 Å². The molecule has 0 saturated heterocycles. The number of aliphatic hydroxyl groups excluding tert-OH is 1. The van der Waals surface area contributed by atoms with Crippen LogP contribution in [0.4, 0.5) is 5.69 Å². The molecule has 5 atom stereocenters. The number of allylic oxidation sites excluding steroid dienone is 1. The van der Waals surface area contributed by atoms with Crippen LogP contribution in [-0.2, 0) is 34.9 Å². The van der Waals surface area contributed by atoms with Crippen LogP contribution in [0.1, 0.15) is 78.6 Å². The van der Waals surface area contributed by atoms with Gasteiger partial charge in [-0.3, -0.25) is 0 Å². The second kappa shape index (κ2) is 17.3. The number of ether oxygens (including phenoxy) is 3. The number of carboxylic acid groups (broad SMARTS) is 1. The van der Waals surface area contributed by atoms with E-state index in [0.29, 0.717) is 43.4 Å². The van der Waals surface area contributed by atoms with Crippen LogP contribution in [0.3, 0.4) is 0 Å². The summed E-state index contributed by atoms with van der Waals surface area (Å²) in [5.74, 6) is 1.25. The quantitative estimate of drug-likeness (QED) is 0.113. The number of nitrogens with zero attached hydrogens (tertiary/aromatic N) is 2. The lowest BCUT2D eigenvalue weighted by molar-refractivity contribution is 0.0291. The molecule has 12 heteroatoms. The molecule has 0 unspecified atom stereocenters. The monoisotopic (exact) mass is 868 g/mol. The zero-order valence-electron chi connectivity index (χ0n) is 35.5. The molecule has 3 aliphatic carbocycles. The van der Waals surface area contributed by atoms with Gasteiger partial charge in [-0.2, -0.15) is 4.31 Å². The zero-order chi connectivity index (χ0) is 43.1. The molecule has 4 aliphatic rings. The Morgan fingerprint density at radius 1 is 0.967 bits per heavy atom. The summed E-state index contributed by atoms with van der Waals surface area (Å²) < 4.78 is 47.5. The highest BCUT2D eigenvalue weighted by Gasteiger charge is 2.47. The number of carboxylic acids is 1. The van der Waals surface area contributed by atoms with Crippen molar-refractivity contribution >= 4 is 33.3 Å². The molecular weight excluding hydrogens is 812 g/mol. The van der Waals surface area contributed by atoms with Crippen molar-refractivity contribution in [2.75, 3.05) is 44.6 Å². The first-order valence-corrected chi connectivity index (χ1v) is 23.3. The number of carbonyl (C=O) groups is 1. The van der Waals surface area contributed by atoms with Gasteiger partial charge in [0.25, 0.3) is 0 Å². The van der Waals surface area contributed by atoms with Crippen molar-refractivity contribution in [3.63, 3.8) is 0 Å². The first-order chi connectivity index (χ1) is 29.2. The maximum absolute atomic E-state index is 14.4. The van der Waals surface area contributed by atoms with Crippen LogP contribution in [-0.4, -0.2) is 74.7 Å². The number of hydrogen-bond acceptors (Lipinski definition) is 8. The van der Waals surface area contributed by atoms with Gasteiger partial charge in [0.1, 0.15) is 17.2 Å². The molecule has 1 fully saturated rings. The predicted octanol–water partition coefficient (Wildman–Crippen LogP) is 8.92. The molecule has 4 aromatic rings. The molecule has 8 rings (SSSR count). The maximum atomic E-state index is 14.4. The second-order valence-electron chi connectivity index (χ2n) is 18.3. The van der Waals surface area contributed by atoms with E-state index in [9.17, 15) is 23.4 Å². The molecule has 10 nitrogen and oxygen atoms in total. The van der Waals surface area contributed by atoms with Crippen LogP contribution in [0, 0.1) is 23.2 Å². The number of halogens is 1. The summed E-state index contributed by atoms with van der Waals surface area (Å²) in [6, 6.07) is 26.2. The summed E-state index contributed by atoms with van der Waals surface area (Å²) in [4.78, 5) is 14.5. The van der Waals surface area contributed by atoms with Gasteiger partial charge in [0, 0.05) is 36.6 Å². The fraction of sp³-hybridized carbons (Fsp3) is 0.449. The number of fused-ring (bicyclic) bond motifs is 3. The second-order valence-corrected chi connectivity index (χ2v) is 20.7. The summed E-state index contributed by atoms with van der Waals surface area (Å²) in [5.41, 5.74) is 5.27. The Balaban J connectivity index is 0.978. The number of methoxy groups -OCH3 is 2. The normalized spacial score (nSPS) is 22.8. The predicted molar refractivity (Wildman–Crippen MR) is 238 cm³/mol. The molecule has 0 radical (unpaired) electrons. The van der Waals surface area contributed by atoms with E-state index in [0.717, 1.165) is 59.5 Å². The smallest absolute Gasteiger partial charge is 0.335 e. The molecule has 4 aromatic carbocycles. The Hall–Kier alpha value is -4.55. The number of benzene rings is 4. The van der Waals surface area contributed by atoms with Gasteiger partial charge in [-0.05, 0) is 144 Å². The van der Waals surface area contributed by atoms with E-state index in [2.05, 4.69) is 23.1 Å². The van der Waals surface area contributed by atoms with E-state index in [1.807, 2.05) is 68.4 Å². The van der Waals surface area contributed by atoms with Gasteiger partial charge < -0.3 is 29.3 Å². The third kappa shape index (κ3) is 9.03. The molecule has 0 amide bonds. The van der Waals surface area contributed by atoms with Gasteiger partial charge >= 0.3 is 5.97 Å². The minimum Gasteiger partial charge on any atom is -0.497 e. The van der Waals surface area contributed by atoms with Gasteiger partial charge in [-0.25, -0.2) is 13.2 Å². The van der Waals surface area contributed by atoms with E-state index in [4.69, 9.17) is 25.8 Å². The summed E-state index contributed by atoms with van der Waals surface area (Å²) in [7, 11) is -0.538. The maximum Gasteiger partial charge on any atom is 0.335 e. The lowest BCUT2D eigenvalue weighted by atomic mass is 9.62. The summed E-state index contributed by atoms with van der Waals surface area (Å²) >= 11 is 6.45. The van der Waals surface area contributed by atoms with Crippen molar-refractivity contribution in [2.24, 2.45) is 23.2 Å². The fourth-order valence-electron chi connectivity index (χ4n) is 10.0. The standard InChI is InChI=1S/C49H57ClN2O8S/c1-48(2,31-61(56,57)52(26-32-7-14-40(58-3)15-8-32)27-33-9-16-41(59-4)17-10-33)38-22-37(23-38)46(53)42-18-11-36(42)28-51-29-49(21-5-6-34-24-39(50)13-19-43(34)49)30-60-45-20-12-35(47(54)55)25-44(45)51/h7-10,12-17,19-20,22,24-25,36,38,42,46,53H,5-6,11,18,21,23,26-31H2,1-4H3,(H,54,55)/t36-,38-,42+,46-,49-/m0/s1. The lowest BCUT2D eigenvalue weighted by Gasteiger charge is -2.48. The highest BCUT2D eigenvalue weighted by molar-refractivity contribution is 7.89. The number of sulfonamides is 1. The Morgan fingerprint density at radius 2 is 1.62 bits per heavy atom. The van der Waals surface area contributed by atoms with Gasteiger partial charge in [-0.15, -0.1) is 0 Å². The summed E-state index contributed by atoms with van der Waals surface area (Å²) in [5, 5.41) is 22.6. The van der Waals surface area contributed by atoms with Gasteiger partial charge in [-0.1, -0.05) is 61.9 Å².